The van der Waals surface area contributed by atoms with Crippen molar-refractivity contribution < 1.29 is 0 Å². The molecular weight excluding hydrogens is 164 g/mol. The molecule has 0 spiro atoms. The van der Waals surface area contributed by atoms with Crippen molar-refractivity contribution in [3.63, 3.8) is 0 Å². The molecule has 10 heavy (non-hydrogen) atoms. The van der Waals surface area contributed by atoms with Gasteiger partial charge in [-0.1, -0.05) is 13.8 Å². The van der Waals surface area contributed by atoms with Gasteiger partial charge < -0.3 is 4.98 Å². The topological polar surface area (TPSA) is 28.7 Å². The summed E-state index contributed by atoms with van der Waals surface area (Å²) in [5, 5.41) is 0.868. The van der Waals surface area contributed by atoms with Crippen LogP contribution in [0.15, 0.2) is 11.4 Å². The molecule has 2 nitrogen and oxygen atoms in total. The minimum absolute atomic E-state index is 0.491. The minimum Gasteiger partial charge on any atom is -0.339 e. The standard InChI is InChI=1S/C6H10N2S2/c1-4(2)5-3-7-6(8-5)10-9/h3-4,9H,1-2H3,(H,7,8). The van der Waals surface area contributed by atoms with Gasteiger partial charge in [-0.3, -0.25) is 0 Å². The first-order valence-electron chi connectivity index (χ1n) is 3.10. The molecule has 1 N–H and O–H groups in total. The van der Waals surface area contributed by atoms with Crippen LogP contribution in [-0.4, -0.2) is 9.97 Å². The highest BCUT2D eigenvalue weighted by Crippen LogP contribution is 2.19. The van der Waals surface area contributed by atoms with Gasteiger partial charge in [-0.15, -0.1) is 11.7 Å². The summed E-state index contributed by atoms with van der Waals surface area (Å²) in [6, 6.07) is 0. The number of nitrogens with one attached hydrogen (secondary N) is 1. The molecule has 0 aliphatic rings. The van der Waals surface area contributed by atoms with Crippen LogP contribution in [0.3, 0.4) is 0 Å². The number of aromatic nitrogens is 2. The van der Waals surface area contributed by atoms with Crippen LogP contribution < -0.4 is 0 Å². The molecule has 0 saturated carbocycles. The molecular formula is C6H10N2S2. The second-order valence-corrected chi connectivity index (χ2v) is 3.49. The number of aromatic amines is 1. The van der Waals surface area contributed by atoms with Crippen molar-refractivity contribution in [3.05, 3.63) is 11.9 Å². The Morgan fingerprint density at radius 3 is 2.70 bits per heavy atom. The van der Waals surface area contributed by atoms with Gasteiger partial charge in [-0.2, -0.15) is 0 Å². The lowest BCUT2D eigenvalue weighted by Gasteiger charge is -1.94. The number of hydrogen-bond donors (Lipinski definition) is 2. The molecule has 1 aromatic rings. The largest absolute Gasteiger partial charge is 0.339 e. The number of hydrogen-bond acceptors (Lipinski definition) is 3. The maximum Gasteiger partial charge on any atom is 0.176 e. The van der Waals surface area contributed by atoms with Crippen LogP contribution in [0.5, 0.6) is 0 Å². The molecule has 0 bridgehead atoms. The highest BCUT2D eigenvalue weighted by molar-refractivity contribution is 8.68. The monoisotopic (exact) mass is 174 g/mol. The normalized spacial score (nSPS) is 10.8. The third kappa shape index (κ3) is 1.70. The van der Waals surface area contributed by atoms with Crippen LogP contribution in [0, 0.1) is 0 Å². The van der Waals surface area contributed by atoms with Crippen LogP contribution in [0.4, 0.5) is 0 Å². The Balaban J connectivity index is 2.78. The van der Waals surface area contributed by atoms with E-state index < -0.39 is 0 Å². The van der Waals surface area contributed by atoms with E-state index in [4.69, 9.17) is 0 Å². The molecule has 1 heterocycles. The van der Waals surface area contributed by atoms with E-state index in [1.807, 2.05) is 6.20 Å². The first-order valence-corrected chi connectivity index (χ1v) is 4.97. The smallest absolute Gasteiger partial charge is 0.176 e. The third-order valence-corrected chi connectivity index (χ3v) is 2.15. The summed E-state index contributed by atoms with van der Waals surface area (Å²) in [4.78, 5) is 7.27. The van der Waals surface area contributed by atoms with Gasteiger partial charge in [0, 0.05) is 6.20 Å². The Hall–Kier alpha value is -0.0900. The highest BCUT2D eigenvalue weighted by atomic mass is 33.1. The zero-order chi connectivity index (χ0) is 7.56. The third-order valence-electron chi connectivity index (χ3n) is 1.25. The molecule has 0 aliphatic heterocycles. The summed E-state index contributed by atoms with van der Waals surface area (Å²) < 4.78 is 0. The molecule has 0 amide bonds. The molecule has 0 saturated heterocycles. The number of imidazole rings is 1. The highest BCUT2D eigenvalue weighted by Gasteiger charge is 2.02. The summed E-state index contributed by atoms with van der Waals surface area (Å²) in [6.45, 7) is 4.23. The van der Waals surface area contributed by atoms with Gasteiger partial charge in [0.15, 0.2) is 5.16 Å². The number of H-pyrrole nitrogens is 1. The zero-order valence-electron chi connectivity index (χ0n) is 5.96. The van der Waals surface area contributed by atoms with E-state index in [-0.39, 0.29) is 0 Å². The van der Waals surface area contributed by atoms with Gasteiger partial charge in [0.1, 0.15) is 0 Å². The van der Waals surface area contributed by atoms with E-state index in [0.29, 0.717) is 5.92 Å². The van der Waals surface area contributed by atoms with E-state index in [2.05, 4.69) is 35.5 Å². The summed E-state index contributed by atoms with van der Waals surface area (Å²) in [6.07, 6.45) is 1.92. The number of rotatable bonds is 2. The lowest BCUT2D eigenvalue weighted by Crippen LogP contribution is -1.85. The molecule has 4 heteroatoms. The Kier molecular flexibility index (Phi) is 2.68. The van der Waals surface area contributed by atoms with Gasteiger partial charge in [0.2, 0.25) is 0 Å². The Morgan fingerprint density at radius 2 is 2.40 bits per heavy atom. The van der Waals surface area contributed by atoms with E-state index in [1.165, 1.54) is 10.8 Å². The van der Waals surface area contributed by atoms with Crippen molar-refractivity contribution in [2.24, 2.45) is 0 Å². The van der Waals surface area contributed by atoms with Gasteiger partial charge in [0.25, 0.3) is 0 Å². The number of nitrogens with zero attached hydrogens (tertiary/aromatic N) is 1. The van der Waals surface area contributed by atoms with Crippen LogP contribution in [0.2, 0.25) is 0 Å². The van der Waals surface area contributed by atoms with Crippen molar-refractivity contribution in [2.75, 3.05) is 0 Å². The molecule has 0 radical (unpaired) electrons. The average Bonchev–Trinajstić information content (AvgIpc) is 2.34. The van der Waals surface area contributed by atoms with Crippen molar-refractivity contribution in [1.82, 2.24) is 9.97 Å². The Morgan fingerprint density at radius 1 is 1.70 bits per heavy atom. The van der Waals surface area contributed by atoms with Crippen molar-refractivity contribution in [1.29, 1.82) is 0 Å². The maximum absolute atomic E-state index is 4.26. The molecule has 56 valence electrons. The first kappa shape index (κ1) is 8.01. The maximum atomic E-state index is 4.26. The number of thiol groups is 1. The van der Waals surface area contributed by atoms with Crippen LogP contribution in [-0.2, 0) is 0 Å². The predicted molar refractivity (Wildman–Crippen MR) is 47.5 cm³/mol. The first-order chi connectivity index (χ1) is 4.74. The predicted octanol–water partition coefficient (Wildman–Crippen LogP) is 2.47. The lowest BCUT2D eigenvalue weighted by molar-refractivity contribution is 0.821. The van der Waals surface area contributed by atoms with E-state index >= 15 is 0 Å². The second kappa shape index (κ2) is 3.34. The Bertz CT molecular complexity index is 207. The summed E-state index contributed by atoms with van der Waals surface area (Å²) in [5.41, 5.74) is 1.09. The second-order valence-electron chi connectivity index (χ2n) is 2.38. The fraction of sp³-hybridized carbons (Fsp3) is 0.500. The van der Waals surface area contributed by atoms with Crippen molar-refractivity contribution in [2.45, 2.75) is 24.9 Å². The van der Waals surface area contributed by atoms with Crippen LogP contribution in [0.1, 0.15) is 25.5 Å². The molecule has 0 atom stereocenters. The zero-order valence-corrected chi connectivity index (χ0v) is 7.67. The quantitative estimate of drug-likeness (QED) is 0.532. The molecule has 0 aromatic carbocycles. The molecule has 0 fully saturated rings. The molecule has 0 aliphatic carbocycles. The van der Waals surface area contributed by atoms with E-state index in [0.717, 1.165) is 10.9 Å². The summed E-state index contributed by atoms with van der Waals surface area (Å²) >= 11 is 4.01. The molecule has 0 unspecified atom stereocenters. The van der Waals surface area contributed by atoms with Crippen molar-refractivity contribution >= 4 is 22.5 Å². The van der Waals surface area contributed by atoms with Gasteiger partial charge in [0.05, 0.1) is 5.69 Å². The summed E-state index contributed by atoms with van der Waals surface area (Å²) in [7, 11) is 1.33. The molecule has 1 aromatic heterocycles. The SMILES string of the molecule is CC(C)c1c[nH]c(SS)n1. The lowest BCUT2D eigenvalue weighted by atomic mass is 10.2. The van der Waals surface area contributed by atoms with Crippen LogP contribution in [0.25, 0.3) is 0 Å². The van der Waals surface area contributed by atoms with Gasteiger partial charge >= 0.3 is 0 Å². The van der Waals surface area contributed by atoms with Gasteiger partial charge in [-0.05, 0) is 16.7 Å². The minimum atomic E-state index is 0.491. The fourth-order valence-electron chi connectivity index (χ4n) is 0.660. The van der Waals surface area contributed by atoms with E-state index in [9.17, 15) is 0 Å². The van der Waals surface area contributed by atoms with E-state index in [1.54, 1.807) is 0 Å². The van der Waals surface area contributed by atoms with Crippen molar-refractivity contribution in [3.8, 4) is 0 Å². The summed E-state index contributed by atoms with van der Waals surface area (Å²) in [5.74, 6) is 0.491. The van der Waals surface area contributed by atoms with Gasteiger partial charge in [-0.25, -0.2) is 4.98 Å². The fourth-order valence-corrected chi connectivity index (χ4v) is 1.20. The Labute approximate surface area is 69.6 Å². The average molecular weight is 174 g/mol. The molecule has 1 rings (SSSR count). The van der Waals surface area contributed by atoms with Crippen LogP contribution >= 0.6 is 22.5 Å².